The van der Waals surface area contributed by atoms with E-state index >= 15 is 0 Å². The third kappa shape index (κ3) is 3.80. The summed E-state index contributed by atoms with van der Waals surface area (Å²) in [7, 11) is 0. The maximum atomic E-state index is 6.35. The molecule has 21 heavy (non-hydrogen) atoms. The Labute approximate surface area is 134 Å². The Bertz CT molecular complexity index is 455. The van der Waals surface area contributed by atoms with Gasteiger partial charge in [-0.1, -0.05) is 43.5 Å². The third-order valence-corrected chi connectivity index (χ3v) is 4.94. The Morgan fingerprint density at radius 2 is 2.00 bits per heavy atom. The molecule has 0 aliphatic heterocycles. The SMILES string of the molecule is CCCNC(c1ccc(C)c(Cl)c1)C1(OCC)CCCC1. The standard InChI is InChI=1S/C18H28ClNO/c1-4-12-20-17(15-9-8-14(3)16(19)13-15)18(21-5-2)10-6-7-11-18/h8-9,13,17,20H,4-7,10-12H2,1-3H3. The highest BCUT2D eigenvalue weighted by molar-refractivity contribution is 6.31. The molecule has 118 valence electrons. The van der Waals surface area contributed by atoms with Gasteiger partial charge in [-0.2, -0.15) is 0 Å². The first-order chi connectivity index (χ1) is 10.1. The first kappa shape index (κ1) is 16.8. The van der Waals surface area contributed by atoms with Crippen LogP contribution < -0.4 is 5.32 Å². The zero-order chi connectivity index (χ0) is 15.3. The van der Waals surface area contributed by atoms with Crippen molar-refractivity contribution in [3.63, 3.8) is 0 Å². The minimum atomic E-state index is -0.0670. The number of rotatable bonds is 7. The van der Waals surface area contributed by atoms with E-state index in [0.717, 1.165) is 43.0 Å². The van der Waals surface area contributed by atoms with Crippen LogP contribution >= 0.6 is 11.6 Å². The van der Waals surface area contributed by atoms with E-state index in [-0.39, 0.29) is 11.6 Å². The molecule has 0 radical (unpaired) electrons. The molecule has 0 aromatic heterocycles. The van der Waals surface area contributed by atoms with Gasteiger partial charge >= 0.3 is 0 Å². The van der Waals surface area contributed by atoms with E-state index in [4.69, 9.17) is 16.3 Å². The van der Waals surface area contributed by atoms with Gasteiger partial charge in [0.2, 0.25) is 0 Å². The number of aryl methyl sites for hydroxylation is 1. The summed E-state index contributed by atoms with van der Waals surface area (Å²) in [5.41, 5.74) is 2.32. The van der Waals surface area contributed by atoms with E-state index in [0.29, 0.717) is 0 Å². The van der Waals surface area contributed by atoms with E-state index in [1.807, 2.05) is 0 Å². The average molecular weight is 310 g/mol. The van der Waals surface area contributed by atoms with E-state index < -0.39 is 0 Å². The Kier molecular flexibility index (Phi) is 6.09. The highest BCUT2D eigenvalue weighted by Gasteiger charge is 2.42. The lowest BCUT2D eigenvalue weighted by molar-refractivity contribution is -0.0626. The molecule has 2 nitrogen and oxygen atoms in total. The first-order valence-corrected chi connectivity index (χ1v) is 8.64. The van der Waals surface area contributed by atoms with Crippen molar-refractivity contribution < 1.29 is 4.74 Å². The van der Waals surface area contributed by atoms with Crippen LogP contribution in [-0.2, 0) is 4.74 Å². The fraction of sp³-hybridized carbons (Fsp3) is 0.667. The largest absolute Gasteiger partial charge is 0.373 e. The second-order valence-corrected chi connectivity index (χ2v) is 6.51. The summed E-state index contributed by atoms with van der Waals surface area (Å²) in [6, 6.07) is 6.67. The van der Waals surface area contributed by atoms with Gasteiger partial charge in [-0.3, -0.25) is 0 Å². The number of benzene rings is 1. The molecule has 1 saturated carbocycles. The van der Waals surface area contributed by atoms with Crippen molar-refractivity contribution in [2.24, 2.45) is 0 Å². The van der Waals surface area contributed by atoms with Crippen LogP contribution in [0.3, 0.4) is 0 Å². The van der Waals surface area contributed by atoms with Crippen LogP contribution in [0, 0.1) is 6.92 Å². The van der Waals surface area contributed by atoms with Crippen molar-refractivity contribution in [3.8, 4) is 0 Å². The summed E-state index contributed by atoms with van der Waals surface area (Å²) in [6.07, 6.45) is 5.90. The van der Waals surface area contributed by atoms with E-state index in [1.165, 1.54) is 18.4 Å². The van der Waals surface area contributed by atoms with Crippen LogP contribution in [0.5, 0.6) is 0 Å². The minimum Gasteiger partial charge on any atom is -0.373 e. The van der Waals surface area contributed by atoms with Gasteiger partial charge in [-0.05, 0) is 56.8 Å². The van der Waals surface area contributed by atoms with Crippen molar-refractivity contribution in [1.29, 1.82) is 0 Å². The number of nitrogens with one attached hydrogen (secondary N) is 1. The Balaban J connectivity index is 2.33. The zero-order valence-corrected chi connectivity index (χ0v) is 14.3. The van der Waals surface area contributed by atoms with Crippen LogP contribution in [0.1, 0.15) is 63.1 Å². The molecular weight excluding hydrogens is 282 g/mol. The van der Waals surface area contributed by atoms with E-state index in [1.54, 1.807) is 0 Å². The van der Waals surface area contributed by atoms with Gasteiger partial charge in [-0.25, -0.2) is 0 Å². The molecule has 1 aliphatic carbocycles. The summed E-state index contributed by atoms with van der Waals surface area (Å²) in [4.78, 5) is 0. The number of hydrogen-bond acceptors (Lipinski definition) is 2. The van der Waals surface area contributed by atoms with Crippen LogP contribution in [0.15, 0.2) is 18.2 Å². The molecule has 1 unspecified atom stereocenters. The van der Waals surface area contributed by atoms with Crippen molar-refractivity contribution >= 4 is 11.6 Å². The van der Waals surface area contributed by atoms with Crippen molar-refractivity contribution in [2.75, 3.05) is 13.2 Å². The van der Waals surface area contributed by atoms with Crippen LogP contribution in [0.4, 0.5) is 0 Å². The van der Waals surface area contributed by atoms with Gasteiger partial charge in [-0.15, -0.1) is 0 Å². The molecule has 3 heteroatoms. The molecule has 1 N–H and O–H groups in total. The molecule has 0 spiro atoms. The van der Waals surface area contributed by atoms with Gasteiger partial charge in [0, 0.05) is 11.6 Å². The number of hydrogen-bond donors (Lipinski definition) is 1. The Morgan fingerprint density at radius 3 is 2.57 bits per heavy atom. The predicted octanol–water partition coefficient (Wildman–Crippen LogP) is 5.04. The summed E-state index contributed by atoms with van der Waals surface area (Å²) in [5, 5.41) is 4.56. The molecule has 0 bridgehead atoms. The molecule has 1 aromatic carbocycles. The van der Waals surface area contributed by atoms with Crippen LogP contribution in [0.2, 0.25) is 5.02 Å². The van der Waals surface area contributed by atoms with Gasteiger partial charge in [0.25, 0.3) is 0 Å². The monoisotopic (exact) mass is 309 g/mol. The quantitative estimate of drug-likeness (QED) is 0.762. The van der Waals surface area contributed by atoms with Crippen molar-refractivity contribution in [1.82, 2.24) is 5.32 Å². The fourth-order valence-electron chi connectivity index (χ4n) is 3.46. The topological polar surface area (TPSA) is 21.3 Å². The lowest BCUT2D eigenvalue weighted by Gasteiger charge is -2.38. The lowest BCUT2D eigenvalue weighted by atomic mass is 9.86. The van der Waals surface area contributed by atoms with E-state index in [2.05, 4.69) is 44.3 Å². The Hall–Kier alpha value is -0.570. The molecule has 1 aromatic rings. The maximum absolute atomic E-state index is 6.35. The number of ether oxygens (including phenoxy) is 1. The Morgan fingerprint density at radius 1 is 1.29 bits per heavy atom. The van der Waals surface area contributed by atoms with Crippen molar-refractivity contribution in [3.05, 3.63) is 34.3 Å². The van der Waals surface area contributed by atoms with Gasteiger partial charge < -0.3 is 10.1 Å². The summed E-state index contributed by atoms with van der Waals surface area (Å²) in [5.74, 6) is 0. The summed E-state index contributed by atoms with van der Waals surface area (Å²) >= 11 is 6.35. The van der Waals surface area contributed by atoms with Crippen LogP contribution in [0.25, 0.3) is 0 Å². The smallest absolute Gasteiger partial charge is 0.0876 e. The highest BCUT2D eigenvalue weighted by Crippen LogP contribution is 2.43. The van der Waals surface area contributed by atoms with Crippen molar-refractivity contribution in [2.45, 2.75) is 64.5 Å². The summed E-state index contributed by atoms with van der Waals surface area (Å²) in [6.45, 7) is 8.12. The molecule has 1 aliphatic rings. The molecule has 1 atom stereocenters. The molecule has 2 rings (SSSR count). The lowest BCUT2D eigenvalue weighted by Crippen LogP contribution is -2.44. The first-order valence-electron chi connectivity index (χ1n) is 8.26. The predicted molar refractivity (Wildman–Crippen MR) is 90.0 cm³/mol. The van der Waals surface area contributed by atoms with Gasteiger partial charge in [0.05, 0.1) is 11.6 Å². The zero-order valence-electron chi connectivity index (χ0n) is 13.5. The van der Waals surface area contributed by atoms with Gasteiger partial charge in [0.15, 0.2) is 0 Å². The van der Waals surface area contributed by atoms with E-state index in [9.17, 15) is 0 Å². The third-order valence-electron chi connectivity index (χ3n) is 4.54. The van der Waals surface area contributed by atoms with Gasteiger partial charge in [0.1, 0.15) is 0 Å². The second kappa shape index (κ2) is 7.62. The maximum Gasteiger partial charge on any atom is 0.0876 e. The minimum absolute atomic E-state index is 0.0670. The van der Waals surface area contributed by atoms with Crippen LogP contribution in [-0.4, -0.2) is 18.8 Å². The molecule has 1 fully saturated rings. The summed E-state index contributed by atoms with van der Waals surface area (Å²) < 4.78 is 6.27. The molecule has 0 saturated heterocycles. The average Bonchev–Trinajstić information content (AvgIpc) is 2.93. The molecular formula is C18H28ClNO. The normalized spacial score (nSPS) is 18.9. The second-order valence-electron chi connectivity index (χ2n) is 6.10. The molecule has 0 heterocycles. The highest BCUT2D eigenvalue weighted by atomic mass is 35.5. The molecule has 0 amide bonds. The number of halogens is 1. The fourth-order valence-corrected chi connectivity index (χ4v) is 3.65.